The summed E-state index contributed by atoms with van der Waals surface area (Å²) in [4.78, 5) is 12.3. The maximum Gasteiger partial charge on any atom is 0.293 e. The first-order chi connectivity index (χ1) is 12.5. The molecule has 0 saturated heterocycles. The molecule has 8 heteroatoms. The second-order valence-corrected chi connectivity index (χ2v) is 7.13. The number of benzene rings is 2. The van der Waals surface area contributed by atoms with Crippen molar-refractivity contribution in [3.8, 4) is 0 Å². The van der Waals surface area contributed by atoms with Crippen LogP contribution < -0.4 is 5.43 Å². The van der Waals surface area contributed by atoms with Crippen LogP contribution in [0.2, 0.25) is 10.0 Å². The van der Waals surface area contributed by atoms with Crippen molar-refractivity contribution in [1.82, 2.24) is 15.2 Å². The minimum Gasteiger partial charge on any atom is -0.266 e. The summed E-state index contributed by atoms with van der Waals surface area (Å²) in [7, 11) is 0. The fourth-order valence-electron chi connectivity index (χ4n) is 2.18. The van der Waals surface area contributed by atoms with Gasteiger partial charge in [-0.05, 0) is 51.3 Å². The Labute approximate surface area is 168 Å². The predicted octanol–water partition coefficient (Wildman–Crippen LogP) is 4.76. The maximum atomic E-state index is 12.3. The van der Waals surface area contributed by atoms with Crippen molar-refractivity contribution in [2.24, 2.45) is 5.10 Å². The molecule has 3 aromatic rings. The molecule has 0 aliphatic carbocycles. The second-order valence-electron chi connectivity index (χ2n) is 5.40. The van der Waals surface area contributed by atoms with E-state index in [0.717, 1.165) is 11.1 Å². The topological polar surface area (TPSA) is 59.3 Å². The number of hydrogen-bond acceptors (Lipinski definition) is 3. The summed E-state index contributed by atoms with van der Waals surface area (Å²) in [6, 6.07) is 14.5. The van der Waals surface area contributed by atoms with E-state index < -0.39 is 5.91 Å². The molecule has 0 atom stereocenters. The van der Waals surface area contributed by atoms with Crippen molar-refractivity contribution in [3.63, 3.8) is 0 Å². The third-order valence-electron chi connectivity index (χ3n) is 3.44. The zero-order valence-corrected chi connectivity index (χ0v) is 16.5. The second kappa shape index (κ2) is 8.49. The van der Waals surface area contributed by atoms with E-state index in [1.165, 1.54) is 6.21 Å². The van der Waals surface area contributed by atoms with Gasteiger partial charge >= 0.3 is 0 Å². The van der Waals surface area contributed by atoms with Gasteiger partial charge in [0.1, 0.15) is 0 Å². The van der Waals surface area contributed by atoms with Gasteiger partial charge in [0.15, 0.2) is 5.69 Å². The smallest absolute Gasteiger partial charge is 0.266 e. The van der Waals surface area contributed by atoms with E-state index in [1.807, 2.05) is 24.3 Å². The lowest BCUT2D eigenvalue weighted by Gasteiger charge is -2.01. The van der Waals surface area contributed by atoms with Crippen molar-refractivity contribution < 1.29 is 4.79 Å². The SMILES string of the molecule is O=C(NN=Cc1ccc(Cl)cc1)c1nn(Cc2ccc(Cl)cc2)cc1Br. The third kappa shape index (κ3) is 4.94. The monoisotopic (exact) mass is 450 g/mol. The van der Waals surface area contributed by atoms with Crippen LogP contribution in [0.4, 0.5) is 0 Å². The first-order valence-corrected chi connectivity index (χ1v) is 9.12. The average Bonchev–Trinajstić information content (AvgIpc) is 2.99. The average molecular weight is 452 g/mol. The zero-order valence-electron chi connectivity index (χ0n) is 13.4. The molecule has 0 bridgehead atoms. The number of halogens is 3. The highest BCUT2D eigenvalue weighted by Gasteiger charge is 2.14. The Bertz CT molecular complexity index is 937. The van der Waals surface area contributed by atoms with Crippen molar-refractivity contribution in [2.75, 3.05) is 0 Å². The lowest BCUT2D eigenvalue weighted by Crippen LogP contribution is -2.19. The first-order valence-electron chi connectivity index (χ1n) is 7.57. The van der Waals surface area contributed by atoms with E-state index in [1.54, 1.807) is 35.1 Å². The van der Waals surface area contributed by atoms with Gasteiger partial charge in [-0.3, -0.25) is 9.48 Å². The first kappa shape index (κ1) is 18.6. The number of carbonyl (C=O) groups is 1. The van der Waals surface area contributed by atoms with Crippen LogP contribution in [0, 0.1) is 0 Å². The van der Waals surface area contributed by atoms with Gasteiger partial charge in [-0.2, -0.15) is 10.2 Å². The molecule has 0 spiro atoms. The molecule has 132 valence electrons. The van der Waals surface area contributed by atoms with Gasteiger partial charge in [0.2, 0.25) is 0 Å². The molecule has 1 amide bonds. The van der Waals surface area contributed by atoms with Gasteiger partial charge in [0, 0.05) is 16.2 Å². The Morgan fingerprint density at radius 2 is 1.73 bits per heavy atom. The molecule has 0 saturated carbocycles. The van der Waals surface area contributed by atoms with E-state index in [9.17, 15) is 4.79 Å². The molecular weight excluding hydrogens is 439 g/mol. The van der Waals surface area contributed by atoms with Gasteiger partial charge in [-0.15, -0.1) is 0 Å². The summed E-state index contributed by atoms with van der Waals surface area (Å²) < 4.78 is 2.26. The number of nitrogens with one attached hydrogen (secondary N) is 1. The van der Waals surface area contributed by atoms with Gasteiger partial charge in [0.05, 0.1) is 17.2 Å². The summed E-state index contributed by atoms with van der Waals surface area (Å²) in [6.07, 6.45) is 3.28. The number of rotatable bonds is 5. The van der Waals surface area contributed by atoms with Crippen molar-refractivity contribution >= 4 is 51.3 Å². The van der Waals surface area contributed by atoms with Crippen LogP contribution in [0.5, 0.6) is 0 Å². The Balaban J connectivity index is 1.65. The predicted molar refractivity (Wildman–Crippen MR) is 107 cm³/mol. The van der Waals surface area contributed by atoms with Crippen LogP contribution in [0.3, 0.4) is 0 Å². The number of aromatic nitrogens is 2. The highest BCUT2D eigenvalue weighted by atomic mass is 79.9. The number of nitrogens with zero attached hydrogens (tertiary/aromatic N) is 3. The summed E-state index contributed by atoms with van der Waals surface area (Å²) >= 11 is 15.1. The van der Waals surface area contributed by atoms with Crippen LogP contribution in [-0.4, -0.2) is 21.9 Å². The molecular formula is C18H13BrCl2N4O. The molecule has 2 aromatic carbocycles. The van der Waals surface area contributed by atoms with E-state index in [-0.39, 0.29) is 5.69 Å². The Morgan fingerprint density at radius 3 is 2.38 bits per heavy atom. The van der Waals surface area contributed by atoms with Gasteiger partial charge in [-0.1, -0.05) is 47.5 Å². The molecule has 0 radical (unpaired) electrons. The lowest BCUT2D eigenvalue weighted by atomic mass is 10.2. The summed E-state index contributed by atoms with van der Waals surface area (Å²) in [5.74, 6) is -0.406. The highest BCUT2D eigenvalue weighted by Crippen LogP contribution is 2.17. The van der Waals surface area contributed by atoms with E-state index >= 15 is 0 Å². The van der Waals surface area contributed by atoms with E-state index in [4.69, 9.17) is 23.2 Å². The van der Waals surface area contributed by atoms with Crippen LogP contribution in [0.1, 0.15) is 21.6 Å². The van der Waals surface area contributed by atoms with Crippen LogP contribution >= 0.6 is 39.1 Å². The number of hydrazone groups is 1. The van der Waals surface area contributed by atoms with Crippen molar-refractivity contribution in [1.29, 1.82) is 0 Å². The fourth-order valence-corrected chi connectivity index (χ4v) is 2.92. The van der Waals surface area contributed by atoms with E-state index in [0.29, 0.717) is 21.1 Å². The fraction of sp³-hybridized carbons (Fsp3) is 0.0556. The zero-order chi connectivity index (χ0) is 18.5. The maximum absolute atomic E-state index is 12.3. The summed E-state index contributed by atoms with van der Waals surface area (Å²) in [5, 5.41) is 9.55. The number of hydrogen-bond donors (Lipinski definition) is 1. The highest BCUT2D eigenvalue weighted by molar-refractivity contribution is 9.10. The molecule has 0 unspecified atom stereocenters. The quantitative estimate of drug-likeness (QED) is 0.448. The Hall–Kier alpha value is -2.15. The van der Waals surface area contributed by atoms with Gasteiger partial charge in [-0.25, -0.2) is 5.43 Å². The molecule has 1 N–H and O–H groups in total. The Kier molecular flexibility index (Phi) is 6.08. The largest absolute Gasteiger partial charge is 0.293 e. The Morgan fingerprint density at radius 1 is 1.12 bits per heavy atom. The van der Waals surface area contributed by atoms with Gasteiger partial charge in [0.25, 0.3) is 5.91 Å². The molecule has 1 heterocycles. The summed E-state index contributed by atoms with van der Waals surface area (Å²) in [6.45, 7) is 0.525. The molecule has 0 aliphatic heterocycles. The van der Waals surface area contributed by atoms with Crippen molar-refractivity contribution in [2.45, 2.75) is 6.54 Å². The molecule has 26 heavy (non-hydrogen) atoms. The van der Waals surface area contributed by atoms with Gasteiger partial charge < -0.3 is 0 Å². The number of carbonyl (C=O) groups excluding carboxylic acids is 1. The molecule has 1 aromatic heterocycles. The minimum atomic E-state index is -0.406. The molecule has 0 fully saturated rings. The molecule has 0 aliphatic rings. The van der Waals surface area contributed by atoms with Crippen LogP contribution in [0.15, 0.2) is 64.3 Å². The minimum absolute atomic E-state index is 0.257. The van der Waals surface area contributed by atoms with Crippen LogP contribution in [0.25, 0.3) is 0 Å². The summed E-state index contributed by atoms with van der Waals surface area (Å²) in [5.41, 5.74) is 4.56. The molecule has 5 nitrogen and oxygen atoms in total. The normalized spacial score (nSPS) is 11.0. The number of amides is 1. The lowest BCUT2D eigenvalue weighted by molar-refractivity contribution is 0.0948. The third-order valence-corrected chi connectivity index (χ3v) is 4.52. The molecule has 3 rings (SSSR count). The standard InChI is InChI=1S/C18H13BrCl2N4O/c19-16-11-25(10-13-3-7-15(21)8-4-13)24-17(16)18(26)23-22-9-12-1-5-14(20)6-2-12/h1-9,11H,10H2,(H,23,26). The van der Waals surface area contributed by atoms with Crippen molar-refractivity contribution in [3.05, 3.63) is 86.1 Å². The van der Waals surface area contributed by atoms with Crippen LogP contribution in [-0.2, 0) is 6.54 Å². The van der Waals surface area contributed by atoms with E-state index in [2.05, 4.69) is 31.6 Å².